The van der Waals surface area contributed by atoms with Crippen LogP contribution in [0.2, 0.25) is 5.02 Å². The van der Waals surface area contributed by atoms with E-state index in [1.54, 1.807) is 36.4 Å². The van der Waals surface area contributed by atoms with Crippen LogP contribution in [-0.4, -0.2) is 38.6 Å². The van der Waals surface area contributed by atoms with Crippen molar-refractivity contribution in [2.24, 2.45) is 5.10 Å². The number of sulfonamides is 1. The summed E-state index contributed by atoms with van der Waals surface area (Å²) in [5, 5.41) is 16.2. The maximum absolute atomic E-state index is 13.5. The zero-order chi connectivity index (χ0) is 30.8. The van der Waals surface area contributed by atoms with Crippen LogP contribution >= 0.6 is 11.6 Å². The van der Waals surface area contributed by atoms with Crippen LogP contribution in [0, 0.1) is 10.1 Å². The molecule has 13 heteroatoms. The molecule has 43 heavy (non-hydrogen) atoms. The summed E-state index contributed by atoms with van der Waals surface area (Å²) in [6, 6.07) is 25.0. The number of nitro benzene ring substituents is 1. The molecule has 0 aliphatic rings. The molecular formula is C30H27ClN4O7S. The van der Waals surface area contributed by atoms with Crippen LogP contribution in [0.15, 0.2) is 107 Å². The van der Waals surface area contributed by atoms with Crippen molar-refractivity contribution in [3.63, 3.8) is 0 Å². The smallest absolute Gasteiger partial charge is 0.293 e. The van der Waals surface area contributed by atoms with Gasteiger partial charge in [-0.3, -0.25) is 14.9 Å². The Kier molecular flexibility index (Phi) is 10.3. The van der Waals surface area contributed by atoms with E-state index in [1.807, 2.05) is 19.1 Å². The fraction of sp³-hybridized carbons (Fsp3) is 0.133. The summed E-state index contributed by atoms with van der Waals surface area (Å²) in [7, 11) is -4.35. The summed E-state index contributed by atoms with van der Waals surface area (Å²) >= 11 is 5.94. The van der Waals surface area contributed by atoms with Gasteiger partial charge >= 0.3 is 0 Å². The Hall–Kier alpha value is -4.94. The van der Waals surface area contributed by atoms with Crippen LogP contribution in [0.1, 0.15) is 18.1 Å². The number of halogens is 1. The molecule has 0 aromatic heterocycles. The molecule has 4 aromatic rings. The Morgan fingerprint density at radius 1 is 0.977 bits per heavy atom. The SMILES string of the molecule is CCOc1cc(/C=N\NC(=O)CN(c2ccccc2[N+](=O)[O-])S(=O)(=O)c2ccccc2)ccc1OCc1ccc(Cl)cc1. The topological polar surface area (TPSA) is 140 Å². The molecule has 0 spiro atoms. The second kappa shape index (κ2) is 14.3. The molecule has 0 heterocycles. The van der Waals surface area contributed by atoms with E-state index in [1.165, 1.54) is 48.7 Å². The molecule has 0 unspecified atom stereocenters. The highest BCUT2D eigenvalue weighted by Gasteiger charge is 2.31. The van der Waals surface area contributed by atoms with E-state index in [4.69, 9.17) is 21.1 Å². The second-order valence-electron chi connectivity index (χ2n) is 8.92. The molecule has 0 bridgehead atoms. The molecule has 4 aromatic carbocycles. The lowest BCUT2D eigenvalue weighted by atomic mass is 10.2. The normalized spacial score (nSPS) is 11.2. The molecule has 0 aliphatic carbocycles. The summed E-state index contributed by atoms with van der Waals surface area (Å²) in [4.78, 5) is 23.7. The van der Waals surface area contributed by atoms with E-state index in [2.05, 4.69) is 10.5 Å². The largest absolute Gasteiger partial charge is 0.490 e. The van der Waals surface area contributed by atoms with Crippen molar-refractivity contribution in [2.75, 3.05) is 17.5 Å². The number of anilines is 1. The van der Waals surface area contributed by atoms with Gasteiger partial charge in [0.05, 0.1) is 22.6 Å². The van der Waals surface area contributed by atoms with Gasteiger partial charge in [0.2, 0.25) is 0 Å². The van der Waals surface area contributed by atoms with Gasteiger partial charge < -0.3 is 9.47 Å². The van der Waals surface area contributed by atoms with Gasteiger partial charge in [-0.25, -0.2) is 18.1 Å². The van der Waals surface area contributed by atoms with Crippen LogP contribution < -0.4 is 19.2 Å². The first-order valence-corrected chi connectivity index (χ1v) is 14.8. The van der Waals surface area contributed by atoms with Gasteiger partial charge in [-0.1, -0.05) is 54.1 Å². The summed E-state index contributed by atoms with van der Waals surface area (Å²) < 4.78 is 39.3. The van der Waals surface area contributed by atoms with Gasteiger partial charge in [-0.2, -0.15) is 5.10 Å². The van der Waals surface area contributed by atoms with Crippen LogP contribution in [0.25, 0.3) is 0 Å². The molecule has 0 atom stereocenters. The zero-order valence-corrected chi connectivity index (χ0v) is 24.5. The quantitative estimate of drug-likeness (QED) is 0.117. The summed E-state index contributed by atoms with van der Waals surface area (Å²) in [5.74, 6) is 0.148. The van der Waals surface area contributed by atoms with E-state index >= 15 is 0 Å². The van der Waals surface area contributed by atoms with E-state index in [-0.39, 0.29) is 10.6 Å². The van der Waals surface area contributed by atoms with Crippen molar-refractivity contribution in [1.29, 1.82) is 0 Å². The first kappa shape index (κ1) is 31.0. The Morgan fingerprint density at radius 3 is 2.37 bits per heavy atom. The van der Waals surface area contributed by atoms with E-state index in [0.29, 0.717) is 39.6 Å². The molecular weight excluding hydrogens is 596 g/mol. The maximum Gasteiger partial charge on any atom is 0.293 e. The lowest BCUT2D eigenvalue weighted by Gasteiger charge is -2.23. The molecule has 0 saturated carbocycles. The highest BCUT2D eigenvalue weighted by Crippen LogP contribution is 2.32. The van der Waals surface area contributed by atoms with Gasteiger partial charge in [0.25, 0.3) is 21.6 Å². The number of para-hydroxylation sites is 2. The van der Waals surface area contributed by atoms with Crippen molar-refractivity contribution in [1.82, 2.24) is 5.43 Å². The highest BCUT2D eigenvalue weighted by atomic mass is 35.5. The average molecular weight is 623 g/mol. The second-order valence-corrected chi connectivity index (χ2v) is 11.2. The van der Waals surface area contributed by atoms with Gasteiger partial charge in [-0.05, 0) is 66.6 Å². The number of carbonyl (C=O) groups is 1. The number of benzene rings is 4. The Balaban J connectivity index is 1.50. The summed E-state index contributed by atoms with van der Waals surface area (Å²) in [6.07, 6.45) is 1.35. The first-order chi connectivity index (χ1) is 20.7. The van der Waals surface area contributed by atoms with Crippen LogP contribution in [0.4, 0.5) is 11.4 Å². The average Bonchev–Trinajstić information content (AvgIpc) is 3.01. The number of nitrogens with one attached hydrogen (secondary N) is 1. The molecule has 1 N–H and O–H groups in total. The molecule has 0 radical (unpaired) electrons. The number of nitrogens with zero attached hydrogens (tertiary/aromatic N) is 3. The van der Waals surface area contributed by atoms with Gasteiger partial charge in [0, 0.05) is 11.1 Å². The number of rotatable bonds is 13. The van der Waals surface area contributed by atoms with Gasteiger partial charge in [0.15, 0.2) is 11.5 Å². The molecule has 11 nitrogen and oxygen atoms in total. The fourth-order valence-corrected chi connectivity index (χ4v) is 5.51. The lowest BCUT2D eigenvalue weighted by molar-refractivity contribution is -0.384. The van der Waals surface area contributed by atoms with E-state index < -0.39 is 33.1 Å². The maximum atomic E-state index is 13.5. The van der Waals surface area contributed by atoms with Crippen molar-refractivity contribution in [3.05, 3.63) is 123 Å². The molecule has 4 rings (SSSR count). The van der Waals surface area contributed by atoms with E-state index in [9.17, 15) is 23.3 Å². The third-order valence-electron chi connectivity index (χ3n) is 5.94. The first-order valence-electron chi connectivity index (χ1n) is 13.0. The minimum Gasteiger partial charge on any atom is -0.490 e. The van der Waals surface area contributed by atoms with Crippen molar-refractivity contribution in [2.45, 2.75) is 18.4 Å². The van der Waals surface area contributed by atoms with Crippen molar-refractivity contribution < 1.29 is 27.6 Å². The summed E-state index contributed by atoms with van der Waals surface area (Å²) in [5.41, 5.74) is 3.05. The standard InChI is InChI=1S/C30H27ClN4O7S/c1-2-41-29-18-23(14-17-28(29)42-21-22-12-15-24(31)16-13-22)19-32-33-30(36)20-34(26-10-6-7-11-27(26)35(37)38)43(39,40)25-8-4-3-5-9-25/h3-19H,2,20-21H2,1H3,(H,33,36)/b32-19-. The summed E-state index contributed by atoms with van der Waals surface area (Å²) in [6.45, 7) is 1.74. The fourth-order valence-electron chi connectivity index (χ4n) is 3.93. The monoisotopic (exact) mass is 622 g/mol. The number of hydrogen-bond donors (Lipinski definition) is 1. The molecule has 222 valence electrons. The minimum absolute atomic E-state index is 0.133. The van der Waals surface area contributed by atoms with Crippen molar-refractivity contribution >= 4 is 45.1 Å². The number of ether oxygens (including phenoxy) is 2. The molecule has 0 fully saturated rings. The number of amides is 1. The Morgan fingerprint density at radius 2 is 1.67 bits per heavy atom. The van der Waals surface area contributed by atoms with Crippen LogP contribution in [0.3, 0.4) is 0 Å². The Bertz CT molecular complexity index is 1720. The number of nitro groups is 1. The van der Waals surface area contributed by atoms with Crippen LogP contribution in [0.5, 0.6) is 11.5 Å². The number of hydrazone groups is 1. The molecule has 0 aliphatic heterocycles. The number of hydrogen-bond acceptors (Lipinski definition) is 8. The number of carbonyl (C=O) groups excluding carboxylic acids is 1. The van der Waals surface area contributed by atoms with Crippen LogP contribution in [-0.2, 0) is 21.4 Å². The van der Waals surface area contributed by atoms with Gasteiger partial charge in [0.1, 0.15) is 18.8 Å². The third kappa shape index (κ3) is 8.09. The van der Waals surface area contributed by atoms with Crippen molar-refractivity contribution in [3.8, 4) is 11.5 Å². The zero-order valence-electron chi connectivity index (χ0n) is 22.9. The lowest BCUT2D eigenvalue weighted by Crippen LogP contribution is -2.39. The Labute approximate surface area is 253 Å². The minimum atomic E-state index is -4.35. The predicted molar refractivity (Wildman–Crippen MR) is 163 cm³/mol. The predicted octanol–water partition coefficient (Wildman–Crippen LogP) is 5.57. The van der Waals surface area contributed by atoms with Gasteiger partial charge in [-0.15, -0.1) is 0 Å². The van der Waals surface area contributed by atoms with E-state index in [0.717, 1.165) is 11.6 Å². The molecule has 0 saturated heterocycles. The molecule has 1 amide bonds. The third-order valence-corrected chi connectivity index (χ3v) is 7.97. The highest BCUT2D eigenvalue weighted by molar-refractivity contribution is 7.92.